The topological polar surface area (TPSA) is 52.1 Å². The second-order valence-corrected chi connectivity index (χ2v) is 6.42. The molecular weight excluding hydrogens is 296 g/mol. The molecule has 0 unspecified atom stereocenters. The molecule has 0 atom stereocenters. The van der Waals surface area contributed by atoms with Gasteiger partial charge in [0, 0.05) is 0 Å². The van der Waals surface area contributed by atoms with Crippen LogP contribution in [0, 0.1) is 6.92 Å². The monoisotopic (exact) mass is 310 g/mol. The van der Waals surface area contributed by atoms with Gasteiger partial charge in [0.2, 0.25) is 0 Å². The number of carbonyl (C=O) groups is 1. The van der Waals surface area contributed by atoms with Crippen molar-refractivity contribution >= 4 is 39.1 Å². The molecule has 4 nitrogen and oxygen atoms in total. The quantitative estimate of drug-likeness (QED) is 0.618. The van der Waals surface area contributed by atoms with E-state index in [1.807, 2.05) is 6.92 Å². The van der Waals surface area contributed by atoms with E-state index in [-0.39, 0.29) is 12.1 Å². The van der Waals surface area contributed by atoms with E-state index < -0.39 is 0 Å². The van der Waals surface area contributed by atoms with Gasteiger partial charge in [0.25, 0.3) is 0 Å². The fraction of sp³-hybridized carbons (Fsp3) is 0.500. The molecule has 20 heavy (non-hydrogen) atoms. The summed E-state index contributed by atoms with van der Waals surface area (Å²) in [7, 11) is 0. The maximum atomic E-state index is 12.3. The van der Waals surface area contributed by atoms with Gasteiger partial charge in [-0.05, 0) is 38.2 Å². The third-order valence-electron chi connectivity index (χ3n) is 3.69. The zero-order valence-corrected chi connectivity index (χ0v) is 12.8. The van der Waals surface area contributed by atoms with E-state index in [2.05, 4.69) is 9.97 Å². The number of rotatable bonds is 2. The van der Waals surface area contributed by atoms with E-state index in [1.54, 1.807) is 0 Å². The van der Waals surface area contributed by atoms with Crippen LogP contribution in [0.15, 0.2) is 6.33 Å². The van der Waals surface area contributed by atoms with Crippen LogP contribution in [0.1, 0.15) is 47.3 Å². The zero-order valence-electron chi connectivity index (χ0n) is 11.2. The SMILES string of the molecule is Cc1c(C(=O)OC2CCCCC2)sc2ncnc(Cl)c12. The van der Waals surface area contributed by atoms with E-state index >= 15 is 0 Å². The summed E-state index contributed by atoms with van der Waals surface area (Å²) in [6.07, 6.45) is 6.92. The van der Waals surface area contributed by atoms with Gasteiger partial charge in [0.15, 0.2) is 0 Å². The molecule has 0 radical (unpaired) electrons. The Morgan fingerprint density at radius 2 is 2.10 bits per heavy atom. The number of aryl methyl sites for hydroxylation is 1. The van der Waals surface area contributed by atoms with Gasteiger partial charge < -0.3 is 4.74 Å². The van der Waals surface area contributed by atoms with Gasteiger partial charge in [0.1, 0.15) is 27.3 Å². The van der Waals surface area contributed by atoms with Crippen LogP contribution >= 0.6 is 22.9 Å². The normalized spacial score (nSPS) is 16.5. The van der Waals surface area contributed by atoms with Crippen LogP contribution in [0.25, 0.3) is 10.2 Å². The van der Waals surface area contributed by atoms with Gasteiger partial charge in [-0.25, -0.2) is 14.8 Å². The van der Waals surface area contributed by atoms with Gasteiger partial charge >= 0.3 is 5.97 Å². The number of ether oxygens (including phenoxy) is 1. The second-order valence-electron chi connectivity index (χ2n) is 5.07. The molecule has 0 spiro atoms. The number of thiophene rings is 1. The van der Waals surface area contributed by atoms with Crippen molar-refractivity contribution in [2.24, 2.45) is 0 Å². The molecule has 1 saturated carbocycles. The molecule has 106 valence electrons. The van der Waals surface area contributed by atoms with Crippen molar-refractivity contribution in [2.45, 2.75) is 45.1 Å². The van der Waals surface area contributed by atoms with Crippen molar-refractivity contribution in [1.29, 1.82) is 0 Å². The van der Waals surface area contributed by atoms with Gasteiger partial charge in [0.05, 0.1) is 5.39 Å². The second kappa shape index (κ2) is 5.66. The van der Waals surface area contributed by atoms with Crippen LogP contribution < -0.4 is 0 Å². The summed E-state index contributed by atoms with van der Waals surface area (Å²) in [5.41, 5.74) is 0.816. The molecule has 0 amide bonds. The van der Waals surface area contributed by atoms with E-state index in [9.17, 15) is 4.79 Å². The first kappa shape index (κ1) is 13.8. The molecule has 0 saturated heterocycles. The predicted molar refractivity (Wildman–Crippen MR) is 79.5 cm³/mol. The van der Waals surface area contributed by atoms with Crippen molar-refractivity contribution in [3.8, 4) is 0 Å². The fourth-order valence-corrected chi connectivity index (χ4v) is 3.97. The number of fused-ring (bicyclic) bond motifs is 1. The van der Waals surface area contributed by atoms with Crippen LogP contribution in [0.3, 0.4) is 0 Å². The van der Waals surface area contributed by atoms with E-state index in [0.717, 1.165) is 41.5 Å². The Bertz CT molecular complexity index is 650. The highest BCUT2D eigenvalue weighted by atomic mass is 35.5. The Morgan fingerprint density at radius 3 is 2.80 bits per heavy atom. The molecule has 2 heterocycles. The van der Waals surface area contributed by atoms with Crippen LogP contribution in [0.5, 0.6) is 0 Å². The zero-order chi connectivity index (χ0) is 14.1. The Morgan fingerprint density at radius 1 is 1.35 bits per heavy atom. The van der Waals surface area contributed by atoms with E-state index in [1.165, 1.54) is 24.1 Å². The highest BCUT2D eigenvalue weighted by molar-refractivity contribution is 7.20. The first-order valence-electron chi connectivity index (χ1n) is 6.77. The number of aromatic nitrogens is 2. The van der Waals surface area contributed by atoms with E-state index in [0.29, 0.717) is 10.0 Å². The van der Waals surface area contributed by atoms with Gasteiger partial charge in [-0.15, -0.1) is 11.3 Å². The first-order valence-corrected chi connectivity index (χ1v) is 7.97. The number of carbonyl (C=O) groups excluding carboxylic acids is 1. The summed E-state index contributed by atoms with van der Waals surface area (Å²) in [6, 6.07) is 0. The number of halogens is 1. The maximum absolute atomic E-state index is 12.3. The lowest BCUT2D eigenvalue weighted by Crippen LogP contribution is -2.20. The molecule has 3 rings (SSSR count). The van der Waals surface area contributed by atoms with Crippen LogP contribution in [0.2, 0.25) is 5.15 Å². The fourth-order valence-electron chi connectivity index (χ4n) is 2.61. The minimum Gasteiger partial charge on any atom is -0.458 e. The average molecular weight is 311 g/mol. The molecule has 0 N–H and O–H groups in total. The highest BCUT2D eigenvalue weighted by Crippen LogP contribution is 2.34. The van der Waals surface area contributed by atoms with Crippen LogP contribution in [-0.2, 0) is 4.74 Å². The summed E-state index contributed by atoms with van der Waals surface area (Å²) in [6.45, 7) is 1.87. The molecule has 6 heteroatoms. The van der Waals surface area contributed by atoms with E-state index in [4.69, 9.17) is 16.3 Å². The molecule has 1 aliphatic rings. The highest BCUT2D eigenvalue weighted by Gasteiger charge is 2.23. The molecule has 0 bridgehead atoms. The smallest absolute Gasteiger partial charge is 0.348 e. The Labute approximate surface area is 126 Å². The first-order chi connectivity index (χ1) is 9.66. The molecular formula is C14H15ClN2O2S. The third kappa shape index (κ3) is 2.52. The van der Waals surface area contributed by atoms with Gasteiger partial charge in [-0.3, -0.25) is 0 Å². The summed E-state index contributed by atoms with van der Waals surface area (Å²) in [5, 5.41) is 1.15. The average Bonchev–Trinajstić information content (AvgIpc) is 2.79. The van der Waals surface area contributed by atoms with Crippen molar-refractivity contribution in [3.63, 3.8) is 0 Å². The number of hydrogen-bond acceptors (Lipinski definition) is 5. The number of nitrogens with zero attached hydrogens (tertiary/aromatic N) is 2. The number of hydrogen-bond donors (Lipinski definition) is 0. The summed E-state index contributed by atoms with van der Waals surface area (Å²) >= 11 is 7.40. The van der Waals surface area contributed by atoms with Gasteiger partial charge in [-0.2, -0.15) is 0 Å². The molecule has 1 aliphatic carbocycles. The third-order valence-corrected chi connectivity index (χ3v) is 5.16. The Kier molecular flexibility index (Phi) is 3.89. The predicted octanol–water partition coefficient (Wildman–Crippen LogP) is 4.14. The van der Waals surface area contributed by atoms with Crippen LogP contribution in [-0.4, -0.2) is 22.0 Å². The standard InChI is InChI=1S/C14H15ClN2O2S/c1-8-10-12(15)16-7-17-13(10)20-11(8)14(18)19-9-5-3-2-4-6-9/h7,9H,2-6H2,1H3. The summed E-state index contributed by atoms with van der Waals surface area (Å²) < 4.78 is 5.61. The van der Waals surface area contributed by atoms with Crippen molar-refractivity contribution in [3.05, 3.63) is 21.9 Å². The molecule has 0 aromatic carbocycles. The Hall–Kier alpha value is -1.20. The van der Waals surface area contributed by atoms with Crippen molar-refractivity contribution in [2.75, 3.05) is 0 Å². The van der Waals surface area contributed by atoms with Crippen molar-refractivity contribution in [1.82, 2.24) is 9.97 Å². The lowest BCUT2D eigenvalue weighted by Gasteiger charge is -2.21. The molecule has 2 aromatic heterocycles. The molecule has 1 fully saturated rings. The summed E-state index contributed by atoms with van der Waals surface area (Å²) in [4.78, 5) is 21.8. The number of esters is 1. The minimum absolute atomic E-state index is 0.0578. The molecule has 2 aromatic rings. The minimum atomic E-state index is -0.256. The molecule has 0 aliphatic heterocycles. The lowest BCUT2D eigenvalue weighted by atomic mass is 9.98. The van der Waals surface area contributed by atoms with Crippen LogP contribution in [0.4, 0.5) is 0 Å². The summed E-state index contributed by atoms with van der Waals surface area (Å²) in [5.74, 6) is -0.256. The lowest BCUT2D eigenvalue weighted by molar-refractivity contribution is 0.0216. The van der Waals surface area contributed by atoms with Crippen molar-refractivity contribution < 1.29 is 9.53 Å². The maximum Gasteiger partial charge on any atom is 0.348 e. The Balaban J connectivity index is 1.87. The van der Waals surface area contributed by atoms with Gasteiger partial charge in [-0.1, -0.05) is 18.0 Å². The largest absolute Gasteiger partial charge is 0.458 e.